The molecule has 0 saturated carbocycles. The number of hydrogen-bond donors (Lipinski definition) is 0. The van der Waals surface area contributed by atoms with Crippen molar-refractivity contribution in [2.45, 2.75) is 45.4 Å². The smallest absolute Gasteiger partial charge is 0.243 e. The lowest BCUT2D eigenvalue weighted by molar-refractivity contribution is -0.132. The first-order valence-corrected chi connectivity index (χ1v) is 13.4. The fourth-order valence-corrected chi connectivity index (χ4v) is 6.24. The number of ether oxygens (including phenoxy) is 1. The number of benzene rings is 1. The molecule has 188 valence electrons. The van der Waals surface area contributed by atoms with Crippen molar-refractivity contribution < 1.29 is 17.9 Å². The summed E-state index contributed by atoms with van der Waals surface area (Å²) in [7, 11) is -1.72. The molecule has 35 heavy (non-hydrogen) atoms. The zero-order valence-electron chi connectivity index (χ0n) is 21.0. The van der Waals surface area contributed by atoms with Gasteiger partial charge in [-0.05, 0) is 69.5 Å². The van der Waals surface area contributed by atoms with Gasteiger partial charge in [-0.15, -0.1) is 0 Å². The van der Waals surface area contributed by atoms with Crippen molar-refractivity contribution in [2.75, 3.05) is 32.8 Å². The van der Waals surface area contributed by atoms with Crippen molar-refractivity contribution in [2.24, 2.45) is 7.05 Å². The second-order valence-corrected chi connectivity index (χ2v) is 10.8. The number of rotatable bonds is 7. The van der Waals surface area contributed by atoms with Crippen LogP contribution in [0.5, 0.6) is 5.75 Å². The molecule has 1 aliphatic heterocycles. The maximum atomic E-state index is 13.0. The lowest BCUT2D eigenvalue weighted by Crippen LogP contribution is -2.50. The number of amides is 1. The number of hydrogen-bond acceptors (Lipinski definition) is 6. The van der Waals surface area contributed by atoms with E-state index in [1.165, 1.54) is 4.31 Å². The molecule has 10 heteroatoms. The van der Waals surface area contributed by atoms with Crippen LogP contribution in [0.3, 0.4) is 0 Å². The van der Waals surface area contributed by atoms with Crippen LogP contribution in [0.1, 0.15) is 35.9 Å². The molecular formula is C25H33N5O4S. The summed E-state index contributed by atoms with van der Waals surface area (Å²) in [6.07, 6.45) is 0.957. The van der Waals surface area contributed by atoms with Gasteiger partial charge in [0.1, 0.15) is 5.75 Å². The second-order valence-electron chi connectivity index (χ2n) is 8.90. The molecule has 1 saturated heterocycles. The van der Waals surface area contributed by atoms with Crippen LogP contribution < -0.4 is 4.74 Å². The highest BCUT2D eigenvalue weighted by molar-refractivity contribution is 7.89. The van der Waals surface area contributed by atoms with E-state index in [4.69, 9.17) is 9.72 Å². The van der Waals surface area contributed by atoms with Crippen molar-refractivity contribution in [1.29, 1.82) is 0 Å². The van der Waals surface area contributed by atoms with Crippen molar-refractivity contribution in [3.8, 4) is 5.75 Å². The molecule has 9 nitrogen and oxygen atoms in total. The summed E-state index contributed by atoms with van der Waals surface area (Å²) >= 11 is 0. The average Bonchev–Trinajstić information content (AvgIpc) is 3.12. The highest BCUT2D eigenvalue weighted by Crippen LogP contribution is 2.26. The summed E-state index contributed by atoms with van der Waals surface area (Å²) in [5, 5.41) is 5.53. The molecule has 0 unspecified atom stereocenters. The Morgan fingerprint density at radius 1 is 1.03 bits per heavy atom. The van der Waals surface area contributed by atoms with Crippen molar-refractivity contribution >= 4 is 27.0 Å². The molecule has 0 spiro atoms. The van der Waals surface area contributed by atoms with E-state index in [0.29, 0.717) is 38.3 Å². The minimum atomic E-state index is -3.61. The second kappa shape index (κ2) is 9.94. The van der Waals surface area contributed by atoms with Crippen LogP contribution in [-0.4, -0.2) is 71.1 Å². The predicted molar refractivity (Wildman–Crippen MR) is 134 cm³/mol. The first-order valence-electron chi connectivity index (χ1n) is 11.9. The van der Waals surface area contributed by atoms with Crippen LogP contribution in [0.25, 0.3) is 11.0 Å². The Morgan fingerprint density at radius 3 is 2.31 bits per heavy atom. The number of nitrogens with zero attached hydrogens (tertiary/aromatic N) is 5. The van der Waals surface area contributed by atoms with Gasteiger partial charge < -0.3 is 9.64 Å². The summed E-state index contributed by atoms with van der Waals surface area (Å²) in [5.74, 6) is 0.672. The highest BCUT2D eigenvalue weighted by Gasteiger charge is 2.30. The molecule has 0 aliphatic carbocycles. The standard InChI is InChI=1S/C25H33N5O4S/c1-6-34-20-7-9-21(10-8-20)35(32,33)30-15-13-29(14-16-30)23(31)12-11-22-17(2)24-19(4)27-28(5)25(24)26-18(22)3/h7-10H,6,11-16H2,1-5H3. The zero-order valence-corrected chi connectivity index (χ0v) is 21.9. The zero-order chi connectivity index (χ0) is 25.3. The third kappa shape index (κ3) is 4.90. The Labute approximate surface area is 206 Å². The van der Waals surface area contributed by atoms with Crippen LogP contribution in [-0.2, 0) is 28.3 Å². The fraction of sp³-hybridized carbons (Fsp3) is 0.480. The minimum absolute atomic E-state index is 0.0323. The molecule has 1 fully saturated rings. The predicted octanol–water partition coefficient (Wildman–Crippen LogP) is 2.76. The minimum Gasteiger partial charge on any atom is -0.494 e. The summed E-state index contributed by atoms with van der Waals surface area (Å²) in [6, 6.07) is 6.47. The Hall–Kier alpha value is -2.98. The van der Waals surface area contributed by atoms with Crippen molar-refractivity contribution in [1.82, 2.24) is 24.0 Å². The fourth-order valence-electron chi connectivity index (χ4n) is 4.82. The average molecular weight is 500 g/mol. The van der Waals surface area contributed by atoms with E-state index in [2.05, 4.69) is 12.0 Å². The van der Waals surface area contributed by atoms with Gasteiger partial charge in [-0.3, -0.25) is 9.48 Å². The number of aromatic nitrogens is 3. The first-order chi connectivity index (χ1) is 16.6. The lowest BCUT2D eigenvalue weighted by atomic mass is 9.99. The van der Waals surface area contributed by atoms with E-state index in [0.717, 1.165) is 33.5 Å². The molecular weight excluding hydrogens is 466 g/mol. The molecule has 3 heterocycles. The number of pyridine rings is 1. The van der Waals surface area contributed by atoms with E-state index in [9.17, 15) is 13.2 Å². The summed E-state index contributed by atoms with van der Waals surface area (Å²) < 4.78 is 34.7. The molecule has 0 radical (unpaired) electrons. The quantitative estimate of drug-likeness (QED) is 0.496. The molecule has 3 aromatic rings. The van der Waals surface area contributed by atoms with Gasteiger partial charge in [-0.25, -0.2) is 13.4 Å². The normalized spacial score (nSPS) is 15.1. The Balaban J connectivity index is 1.38. The van der Waals surface area contributed by atoms with E-state index < -0.39 is 10.0 Å². The molecule has 0 bridgehead atoms. The number of sulfonamides is 1. The van der Waals surface area contributed by atoms with E-state index in [1.807, 2.05) is 27.8 Å². The van der Waals surface area contributed by atoms with Crippen LogP contribution in [0.15, 0.2) is 29.2 Å². The van der Waals surface area contributed by atoms with Gasteiger partial charge in [-0.1, -0.05) is 0 Å². The third-order valence-corrected chi connectivity index (χ3v) is 8.60. The van der Waals surface area contributed by atoms with Crippen LogP contribution >= 0.6 is 0 Å². The molecule has 1 amide bonds. The monoisotopic (exact) mass is 499 g/mol. The molecule has 1 aromatic carbocycles. The molecule has 0 N–H and O–H groups in total. The number of piperazine rings is 1. The molecule has 4 rings (SSSR count). The highest BCUT2D eigenvalue weighted by atomic mass is 32.2. The van der Waals surface area contributed by atoms with Gasteiger partial charge in [0.2, 0.25) is 15.9 Å². The van der Waals surface area contributed by atoms with Gasteiger partial charge >= 0.3 is 0 Å². The number of carbonyl (C=O) groups is 1. The summed E-state index contributed by atoms with van der Waals surface area (Å²) in [4.78, 5) is 19.7. The maximum Gasteiger partial charge on any atom is 0.243 e. The van der Waals surface area contributed by atoms with Gasteiger partial charge in [0, 0.05) is 50.7 Å². The topological polar surface area (TPSA) is 97.6 Å². The van der Waals surface area contributed by atoms with Gasteiger partial charge in [0.05, 0.1) is 17.2 Å². The summed E-state index contributed by atoms with van der Waals surface area (Å²) in [6.45, 7) is 9.74. The maximum absolute atomic E-state index is 13.0. The Morgan fingerprint density at radius 2 is 1.69 bits per heavy atom. The van der Waals surface area contributed by atoms with Crippen molar-refractivity contribution in [3.63, 3.8) is 0 Å². The van der Waals surface area contributed by atoms with Crippen LogP contribution in [0.4, 0.5) is 0 Å². The summed E-state index contributed by atoms with van der Waals surface area (Å²) in [5.41, 5.74) is 4.91. The lowest BCUT2D eigenvalue weighted by Gasteiger charge is -2.34. The first kappa shape index (κ1) is 25.1. The van der Waals surface area contributed by atoms with Gasteiger partial charge in [-0.2, -0.15) is 9.40 Å². The van der Waals surface area contributed by atoms with E-state index >= 15 is 0 Å². The van der Waals surface area contributed by atoms with Gasteiger partial charge in [0.15, 0.2) is 5.65 Å². The number of aryl methyl sites for hydroxylation is 4. The molecule has 0 atom stereocenters. The Kier molecular flexibility index (Phi) is 7.14. The van der Waals surface area contributed by atoms with Crippen molar-refractivity contribution in [3.05, 3.63) is 46.8 Å². The SMILES string of the molecule is CCOc1ccc(S(=O)(=O)N2CCN(C(=O)CCc3c(C)nc4c(c(C)nn4C)c3C)CC2)cc1. The molecule has 1 aliphatic rings. The third-order valence-electron chi connectivity index (χ3n) is 6.68. The van der Waals surface area contributed by atoms with Crippen LogP contribution in [0.2, 0.25) is 0 Å². The molecule has 2 aromatic heterocycles. The Bertz CT molecular complexity index is 1340. The van der Waals surface area contributed by atoms with Gasteiger partial charge in [0.25, 0.3) is 0 Å². The van der Waals surface area contributed by atoms with Crippen LogP contribution in [0, 0.1) is 20.8 Å². The number of fused-ring (bicyclic) bond motifs is 1. The van der Waals surface area contributed by atoms with E-state index in [1.54, 1.807) is 33.8 Å². The largest absolute Gasteiger partial charge is 0.494 e. The van der Waals surface area contributed by atoms with E-state index in [-0.39, 0.29) is 23.9 Å². The number of carbonyl (C=O) groups excluding carboxylic acids is 1.